The van der Waals surface area contributed by atoms with E-state index in [-0.39, 0.29) is 35.8 Å². The van der Waals surface area contributed by atoms with Gasteiger partial charge in [-0.15, -0.1) is 0 Å². The molecule has 0 unspecified atom stereocenters. The number of benzene rings is 2. The van der Waals surface area contributed by atoms with Crippen LogP contribution in [0.5, 0.6) is 0 Å². The Kier molecular flexibility index (Phi) is 6.80. The molecule has 0 radical (unpaired) electrons. The minimum atomic E-state index is -3.69. The summed E-state index contributed by atoms with van der Waals surface area (Å²) >= 11 is 0. The van der Waals surface area contributed by atoms with Crippen LogP contribution in [0.4, 0.5) is 0 Å². The number of imidazole rings is 1. The summed E-state index contributed by atoms with van der Waals surface area (Å²) in [5.41, 5.74) is 2.29. The maximum absolute atomic E-state index is 12.9. The summed E-state index contributed by atoms with van der Waals surface area (Å²) in [6.07, 6.45) is 5.29. The van der Waals surface area contributed by atoms with Crippen molar-refractivity contribution >= 4 is 21.8 Å². The minimum Gasteiger partial charge on any atom is -0.346 e. The molecule has 2 heterocycles. The molecule has 0 aliphatic carbocycles. The van der Waals surface area contributed by atoms with Crippen molar-refractivity contribution in [2.75, 3.05) is 26.2 Å². The number of piperazine rings is 1. The lowest BCUT2D eigenvalue weighted by Gasteiger charge is -2.33. The molecule has 1 N–H and O–H groups in total. The molecule has 1 saturated heterocycles. The largest absolute Gasteiger partial charge is 0.346 e. The fourth-order valence-corrected chi connectivity index (χ4v) is 5.30. The monoisotopic (exact) mass is 481 g/mol. The first-order valence-electron chi connectivity index (χ1n) is 11.0. The van der Waals surface area contributed by atoms with E-state index in [0.29, 0.717) is 18.7 Å². The van der Waals surface area contributed by atoms with Crippen molar-refractivity contribution < 1.29 is 18.0 Å². The van der Waals surface area contributed by atoms with E-state index in [9.17, 15) is 18.0 Å². The molecule has 1 aliphatic rings. The van der Waals surface area contributed by atoms with Gasteiger partial charge < -0.3 is 14.8 Å². The predicted molar refractivity (Wildman–Crippen MR) is 127 cm³/mol. The van der Waals surface area contributed by atoms with Crippen LogP contribution in [-0.4, -0.2) is 65.2 Å². The van der Waals surface area contributed by atoms with Gasteiger partial charge in [0.05, 0.1) is 17.3 Å². The molecular formula is C24H27N5O4S. The van der Waals surface area contributed by atoms with Gasteiger partial charge in [0.25, 0.3) is 5.91 Å². The van der Waals surface area contributed by atoms with Crippen LogP contribution in [0.25, 0.3) is 5.69 Å². The van der Waals surface area contributed by atoms with E-state index in [1.807, 2.05) is 42.0 Å². The molecule has 0 saturated carbocycles. The van der Waals surface area contributed by atoms with Gasteiger partial charge in [-0.05, 0) is 48.9 Å². The van der Waals surface area contributed by atoms with Crippen molar-refractivity contribution in [2.45, 2.75) is 24.8 Å². The van der Waals surface area contributed by atoms with Gasteiger partial charge in [-0.25, -0.2) is 13.4 Å². The zero-order chi connectivity index (χ0) is 24.3. The van der Waals surface area contributed by atoms with E-state index in [0.717, 1.165) is 11.3 Å². The SMILES string of the molecule is CC(=O)N1CCN(S(=O)(=O)c2ccc(C(=O)N[C@H](C)c3ccc(-n4ccnc4)cc3)cc2)CC1. The van der Waals surface area contributed by atoms with Crippen LogP contribution in [0.2, 0.25) is 0 Å². The summed E-state index contributed by atoms with van der Waals surface area (Å²) in [6.45, 7) is 4.62. The van der Waals surface area contributed by atoms with Crippen molar-refractivity contribution in [3.8, 4) is 5.69 Å². The van der Waals surface area contributed by atoms with Gasteiger partial charge in [0.2, 0.25) is 15.9 Å². The van der Waals surface area contributed by atoms with Gasteiger partial charge in [-0.2, -0.15) is 4.31 Å². The fraction of sp³-hybridized carbons (Fsp3) is 0.292. The Morgan fingerprint density at radius 1 is 0.971 bits per heavy atom. The molecule has 178 valence electrons. The molecule has 10 heteroatoms. The first kappa shape index (κ1) is 23.7. The van der Waals surface area contributed by atoms with Crippen LogP contribution in [0.1, 0.15) is 35.8 Å². The van der Waals surface area contributed by atoms with E-state index in [4.69, 9.17) is 0 Å². The number of nitrogens with one attached hydrogen (secondary N) is 1. The Morgan fingerprint density at radius 3 is 2.18 bits per heavy atom. The number of carbonyl (C=O) groups excluding carboxylic acids is 2. The van der Waals surface area contributed by atoms with Gasteiger partial charge in [0.1, 0.15) is 0 Å². The van der Waals surface area contributed by atoms with Crippen molar-refractivity contribution in [1.82, 2.24) is 24.1 Å². The van der Waals surface area contributed by atoms with Crippen LogP contribution < -0.4 is 5.32 Å². The molecule has 1 atom stereocenters. The van der Waals surface area contributed by atoms with E-state index in [1.165, 1.54) is 35.5 Å². The average molecular weight is 482 g/mol. The highest BCUT2D eigenvalue weighted by Crippen LogP contribution is 2.20. The molecule has 2 aromatic carbocycles. The third-order valence-electron chi connectivity index (χ3n) is 5.98. The first-order valence-corrected chi connectivity index (χ1v) is 12.4. The molecular weight excluding hydrogens is 454 g/mol. The molecule has 2 amide bonds. The second-order valence-electron chi connectivity index (χ2n) is 8.19. The van der Waals surface area contributed by atoms with Gasteiger partial charge in [0, 0.05) is 56.7 Å². The average Bonchev–Trinajstić information content (AvgIpc) is 3.39. The zero-order valence-corrected chi connectivity index (χ0v) is 19.9. The summed E-state index contributed by atoms with van der Waals surface area (Å²) in [6, 6.07) is 13.5. The molecule has 34 heavy (non-hydrogen) atoms. The van der Waals surface area contributed by atoms with Gasteiger partial charge in [-0.3, -0.25) is 9.59 Å². The maximum Gasteiger partial charge on any atom is 0.251 e. The highest BCUT2D eigenvalue weighted by molar-refractivity contribution is 7.89. The van der Waals surface area contributed by atoms with Crippen molar-refractivity contribution in [3.05, 3.63) is 78.4 Å². The lowest BCUT2D eigenvalue weighted by molar-refractivity contribution is -0.129. The zero-order valence-electron chi connectivity index (χ0n) is 19.1. The number of amides is 2. The van der Waals surface area contributed by atoms with Gasteiger partial charge in [0.15, 0.2) is 0 Å². The van der Waals surface area contributed by atoms with Gasteiger partial charge >= 0.3 is 0 Å². The quantitative estimate of drug-likeness (QED) is 0.581. The Morgan fingerprint density at radius 2 is 1.62 bits per heavy atom. The molecule has 9 nitrogen and oxygen atoms in total. The summed E-state index contributed by atoms with van der Waals surface area (Å²) < 4.78 is 29.1. The smallest absolute Gasteiger partial charge is 0.251 e. The maximum atomic E-state index is 12.9. The Hall–Kier alpha value is -3.50. The second-order valence-corrected chi connectivity index (χ2v) is 10.1. The molecule has 4 rings (SSSR count). The number of aromatic nitrogens is 2. The summed E-state index contributed by atoms with van der Waals surface area (Å²) in [4.78, 5) is 30.0. The summed E-state index contributed by atoms with van der Waals surface area (Å²) in [7, 11) is -3.69. The Bertz CT molecular complexity index is 1250. The number of sulfonamides is 1. The lowest BCUT2D eigenvalue weighted by atomic mass is 10.1. The van der Waals surface area contributed by atoms with E-state index in [1.54, 1.807) is 17.4 Å². The van der Waals surface area contributed by atoms with Crippen LogP contribution >= 0.6 is 0 Å². The van der Waals surface area contributed by atoms with E-state index >= 15 is 0 Å². The van der Waals surface area contributed by atoms with E-state index in [2.05, 4.69) is 10.3 Å². The topological polar surface area (TPSA) is 105 Å². The Labute approximate surface area is 199 Å². The lowest BCUT2D eigenvalue weighted by Crippen LogP contribution is -2.49. The number of hydrogen-bond acceptors (Lipinski definition) is 5. The third-order valence-corrected chi connectivity index (χ3v) is 7.89. The highest BCUT2D eigenvalue weighted by Gasteiger charge is 2.29. The predicted octanol–water partition coefficient (Wildman–Crippen LogP) is 2.22. The number of nitrogens with zero attached hydrogens (tertiary/aromatic N) is 4. The standard InChI is InChI=1S/C24H27N5O4S/c1-18(20-3-7-22(8-4-20)28-12-11-25-17-28)26-24(31)21-5-9-23(10-6-21)34(32,33)29-15-13-27(14-16-29)19(2)30/h3-12,17-18H,13-16H2,1-2H3,(H,26,31)/t18-/m1/s1. The highest BCUT2D eigenvalue weighted by atomic mass is 32.2. The van der Waals surface area contributed by atoms with Crippen LogP contribution in [-0.2, 0) is 14.8 Å². The number of rotatable bonds is 6. The summed E-state index contributed by atoms with van der Waals surface area (Å²) in [5.74, 6) is -0.346. The minimum absolute atomic E-state index is 0.0595. The number of hydrogen-bond donors (Lipinski definition) is 1. The number of carbonyl (C=O) groups is 2. The summed E-state index contributed by atoms with van der Waals surface area (Å²) in [5, 5.41) is 2.95. The third kappa shape index (κ3) is 5.02. The van der Waals surface area contributed by atoms with Crippen LogP contribution in [0, 0.1) is 0 Å². The Balaban J connectivity index is 1.38. The van der Waals surface area contributed by atoms with Crippen LogP contribution in [0.3, 0.4) is 0 Å². The normalized spacial score (nSPS) is 15.6. The first-order chi connectivity index (χ1) is 16.3. The van der Waals surface area contributed by atoms with Crippen LogP contribution in [0.15, 0.2) is 72.1 Å². The molecule has 3 aromatic rings. The molecule has 1 fully saturated rings. The second kappa shape index (κ2) is 9.78. The molecule has 1 aromatic heterocycles. The van der Waals surface area contributed by atoms with E-state index < -0.39 is 10.0 Å². The van der Waals surface area contributed by atoms with Gasteiger partial charge in [-0.1, -0.05) is 12.1 Å². The van der Waals surface area contributed by atoms with Crippen molar-refractivity contribution in [2.24, 2.45) is 0 Å². The molecule has 0 spiro atoms. The van der Waals surface area contributed by atoms with Crippen molar-refractivity contribution in [1.29, 1.82) is 0 Å². The fourth-order valence-electron chi connectivity index (χ4n) is 3.88. The van der Waals surface area contributed by atoms with Crippen molar-refractivity contribution in [3.63, 3.8) is 0 Å². The molecule has 1 aliphatic heterocycles. The molecule has 0 bridgehead atoms.